The number of rotatable bonds is 7. The van der Waals surface area contributed by atoms with Crippen LogP contribution in [0.4, 0.5) is 0 Å². The SMILES string of the molecule is Cc1ccc(S(=O)(=O)N(C)CC(=O)N/N=C/c2ccc(-c3ccc(Cl)cc3)o2)cc1. The Morgan fingerprint density at radius 1 is 1.10 bits per heavy atom. The van der Waals surface area contributed by atoms with E-state index in [1.54, 1.807) is 36.4 Å². The van der Waals surface area contributed by atoms with Crippen LogP contribution in [-0.2, 0) is 14.8 Å². The van der Waals surface area contributed by atoms with Gasteiger partial charge in [-0.25, -0.2) is 13.8 Å². The number of carbonyl (C=O) groups excluding carboxylic acids is 1. The maximum atomic E-state index is 12.5. The number of likely N-dealkylation sites (N-methyl/N-ethyl adjacent to an activating group) is 1. The van der Waals surface area contributed by atoms with Crippen LogP contribution in [0, 0.1) is 6.92 Å². The van der Waals surface area contributed by atoms with Crippen molar-refractivity contribution in [3.05, 3.63) is 77.0 Å². The molecule has 3 aromatic rings. The quantitative estimate of drug-likeness (QED) is 0.443. The van der Waals surface area contributed by atoms with E-state index < -0.39 is 15.9 Å². The molecule has 0 aliphatic heterocycles. The molecule has 0 bridgehead atoms. The Bertz CT molecular complexity index is 1150. The number of nitrogens with one attached hydrogen (secondary N) is 1. The summed E-state index contributed by atoms with van der Waals surface area (Å²) in [5.74, 6) is 0.484. The molecular weight excluding hydrogens is 426 g/mol. The summed E-state index contributed by atoms with van der Waals surface area (Å²) in [4.78, 5) is 12.2. The summed E-state index contributed by atoms with van der Waals surface area (Å²) in [6.45, 7) is 1.49. The molecule has 2 aromatic carbocycles. The zero-order chi connectivity index (χ0) is 21.7. The van der Waals surface area contributed by atoms with Gasteiger partial charge in [-0.2, -0.15) is 9.41 Å². The Morgan fingerprint density at radius 2 is 1.77 bits per heavy atom. The molecule has 0 unspecified atom stereocenters. The smallest absolute Gasteiger partial charge is 0.255 e. The Labute approximate surface area is 180 Å². The van der Waals surface area contributed by atoms with E-state index in [2.05, 4.69) is 10.5 Å². The molecule has 3 rings (SSSR count). The van der Waals surface area contributed by atoms with Gasteiger partial charge in [-0.05, 0) is 55.5 Å². The average molecular weight is 446 g/mol. The highest BCUT2D eigenvalue weighted by Crippen LogP contribution is 2.23. The van der Waals surface area contributed by atoms with Crippen molar-refractivity contribution < 1.29 is 17.6 Å². The standard InChI is InChI=1S/C21H20ClN3O4S/c1-15-3-10-19(11-4-15)30(27,28)25(2)14-21(26)24-23-13-18-9-12-20(29-18)16-5-7-17(22)8-6-16/h3-13H,14H2,1-2H3,(H,24,26)/b23-13+. The number of halogens is 1. The highest BCUT2D eigenvalue weighted by atomic mass is 35.5. The first-order valence-corrected chi connectivity index (χ1v) is 10.8. The largest absolute Gasteiger partial charge is 0.455 e. The predicted molar refractivity (Wildman–Crippen MR) is 116 cm³/mol. The number of hydrogen-bond donors (Lipinski definition) is 1. The number of benzene rings is 2. The summed E-state index contributed by atoms with van der Waals surface area (Å²) < 4.78 is 31.6. The fourth-order valence-electron chi connectivity index (χ4n) is 2.57. The molecule has 0 atom stereocenters. The second-order valence-electron chi connectivity index (χ2n) is 6.58. The van der Waals surface area contributed by atoms with E-state index in [9.17, 15) is 13.2 Å². The lowest BCUT2D eigenvalue weighted by molar-refractivity contribution is -0.121. The molecule has 7 nitrogen and oxygen atoms in total. The van der Waals surface area contributed by atoms with Crippen molar-refractivity contribution in [2.24, 2.45) is 5.10 Å². The molecule has 0 aliphatic carbocycles. The molecule has 1 N–H and O–H groups in total. The number of hydrazone groups is 1. The Morgan fingerprint density at radius 3 is 2.43 bits per heavy atom. The lowest BCUT2D eigenvalue weighted by Gasteiger charge is -2.16. The van der Waals surface area contributed by atoms with Gasteiger partial charge in [0.05, 0.1) is 17.7 Å². The molecule has 0 fully saturated rings. The first-order valence-electron chi connectivity index (χ1n) is 8.96. The van der Waals surface area contributed by atoms with E-state index in [1.165, 1.54) is 25.4 Å². The average Bonchev–Trinajstić information content (AvgIpc) is 3.17. The molecule has 0 saturated carbocycles. The fraction of sp³-hybridized carbons (Fsp3) is 0.143. The second-order valence-corrected chi connectivity index (χ2v) is 9.06. The Kier molecular flexibility index (Phi) is 6.71. The molecule has 1 aromatic heterocycles. The van der Waals surface area contributed by atoms with Crippen LogP contribution < -0.4 is 5.43 Å². The van der Waals surface area contributed by atoms with Crippen LogP contribution in [0.2, 0.25) is 5.02 Å². The summed E-state index contributed by atoms with van der Waals surface area (Å²) in [6, 6.07) is 17.1. The Balaban J connectivity index is 1.57. The first kappa shape index (κ1) is 21.8. The van der Waals surface area contributed by atoms with Crippen LogP contribution in [0.25, 0.3) is 11.3 Å². The topological polar surface area (TPSA) is 92.0 Å². The van der Waals surface area contributed by atoms with Crippen molar-refractivity contribution in [2.45, 2.75) is 11.8 Å². The summed E-state index contributed by atoms with van der Waals surface area (Å²) in [5, 5.41) is 4.45. The summed E-state index contributed by atoms with van der Waals surface area (Å²) >= 11 is 5.87. The van der Waals surface area contributed by atoms with Gasteiger partial charge in [0.2, 0.25) is 10.0 Å². The number of carbonyl (C=O) groups is 1. The molecule has 0 spiro atoms. The number of amides is 1. The minimum absolute atomic E-state index is 0.122. The molecule has 0 radical (unpaired) electrons. The van der Waals surface area contributed by atoms with Crippen LogP contribution in [0.5, 0.6) is 0 Å². The fourth-order valence-corrected chi connectivity index (χ4v) is 3.83. The molecular formula is C21H20ClN3O4S. The lowest BCUT2D eigenvalue weighted by Crippen LogP contribution is -2.36. The van der Waals surface area contributed by atoms with Crippen molar-refractivity contribution in [3.8, 4) is 11.3 Å². The maximum Gasteiger partial charge on any atom is 0.255 e. The second kappa shape index (κ2) is 9.25. The minimum atomic E-state index is -3.77. The van der Waals surface area contributed by atoms with Crippen molar-refractivity contribution in [1.82, 2.24) is 9.73 Å². The molecule has 1 amide bonds. The van der Waals surface area contributed by atoms with Gasteiger partial charge in [0.25, 0.3) is 5.91 Å². The number of nitrogens with zero attached hydrogens (tertiary/aromatic N) is 2. The van der Waals surface area contributed by atoms with Gasteiger partial charge in [0.1, 0.15) is 11.5 Å². The van der Waals surface area contributed by atoms with Crippen LogP contribution in [0.3, 0.4) is 0 Å². The third-order valence-electron chi connectivity index (χ3n) is 4.23. The van der Waals surface area contributed by atoms with E-state index in [-0.39, 0.29) is 11.4 Å². The normalized spacial score (nSPS) is 11.9. The van der Waals surface area contributed by atoms with E-state index in [1.807, 2.05) is 19.1 Å². The zero-order valence-electron chi connectivity index (χ0n) is 16.4. The van der Waals surface area contributed by atoms with Gasteiger partial charge in [0, 0.05) is 17.6 Å². The minimum Gasteiger partial charge on any atom is -0.455 e. The summed E-state index contributed by atoms with van der Waals surface area (Å²) in [7, 11) is -2.43. The van der Waals surface area contributed by atoms with E-state index in [4.69, 9.17) is 16.0 Å². The van der Waals surface area contributed by atoms with Crippen molar-refractivity contribution >= 4 is 33.7 Å². The molecule has 0 saturated heterocycles. The monoisotopic (exact) mass is 445 g/mol. The zero-order valence-corrected chi connectivity index (χ0v) is 17.9. The molecule has 0 aliphatic rings. The summed E-state index contributed by atoms with van der Waals surface area (Å²) in [6.07, 6.45) is 1.34. The molecule has 156 valence electrons. The van der Waals surface area contributed by atoms with Gasteiger partial charge in [-0.1, -0.05) is 29.3 Å². The predicted octanol–water partition coefficient (Wildman–Crippen LogP) is 3.68. The van der Waals surface area contributed by atoms with Crippen LogP contribution in [0.15, 0.2) is 75.1 Å². The van der Waals surface area contributed by atoms with E-state index >= 15 is 0 Å². The van der Waals surface area contributed by atoms with Crippen LogP contribution >= 0.6 is 11.6 Å². The maximum absolute atomic E-state index is 12.5. The lowest BCUT2D eigenvalue weighted by atomic mass is 10.2. The van der Waals surface area contributed by atoms with Gasteiger partial charge >= 0.3 is 0 Å². The number of furan rings is 1. The third-order valence-corrected chi connectivity index (χ3v) is 6.30. The number of sulfonamides is 1. The summed E-state index contributed by atoms with van der Waals surface area (Å²) in [5.41, 5.74) is 4.10. The highest BCUT2D eigenvalue weighted by Gasteiger charge is 2.22. The van der Waals surface area contributed by atoms with E-state index in [0.29, 0.717) is 16.5 Å². The Hall–Kier alpha value is -2.94. The number of aryl methyl sites for hydroxylation is 1. The first-order chi connectivity index (χ1) is 14.3. The molecule has 9 heteroatoms. The van der Waals surface area contributed by atoms with Crippen LogP contribution in [0.1, 0.15) is 11.3 Å². The van der Waals surface area contributed by atoms with Crippen molar-refractivity contribution in [2.75, 3.05) is 13.6 Å². The van der Waals surface area contributed by atoms with Gasteiger partial charge in [-0.3, -0.25) is 4.79 Å². The van der Waals surface area contributed by atoms with Crippen LogP contribution in [-0.4, -0.2) is 38.4 Å². The van der Waals surface area contributed by atoms with Crippen molar-refractivity contribution in [1.29, 1.82) is 0 Å². The highest BCUT2D eigenvalue weighted by molar-refractivity contribution is 7.89. The van der Waals surface area contributed by atoms with Gasteiger partial charge < -0.3 is 4.42 Å². The van der Waals surface area contributed by atoms with Gasteiger partial charge in [0.15, 0.2) is 0 Å². The molecule has 30 heavy (non-hydrogen) atoms. The van der Waals surface area contributed by atoms with Crippen molar-refractivity contribution in [3.63, 3.8) is 0 Å². The molecule has 1 heterocycles. The number of hydrogen-bond acceptors (Lipinski definition) is 5. The van der Waals surface area contributed by atoms with Gasteiger partial charge in [-0.15, -0.1) is 0 Å². The third kappa shape index (κ3) is 5.35. The van der Waals surface area contributed by atoms with E-state index in [0.717, 1.165) is 15.4 Å².